The molecule has 0 aliphatic rings. The second kappa shape index (κ2) is 6.07. The second-order valence-electron chi connectivity index (χ2n) is 4.93. The number of nitrogens with one attached hydrogen (secondary N) is 1. The Morgan fingerprint density at radius 2 is 1.82 bits per heavy atom. The number of halogens is 3. The zero-order chi connectivity index (χ0) is 13.7. The smallest absolute Gasteiger partial charge is 0.352 e. The van der Waals surface area contributed by atoms with Gasteiger partial charge in [0, 0.05) is 6.54 Å². The number of carbonyl (C=O) groups is 1. The molecular weight excluding hydrogens is 231 g/mol. The quantitative estimate of drug-likeness (QED) is 0.720. The highest BCUT2D eigenvalue weighted by Gasteiger charge is 2.37. The number of rotatable bonds is 6. The minimum Gasteiger partial charge on any atom is -0.352 e. The monoisotopic (exact) mass is 251 g/mol. The van der Waals surface area contributed by atoms with Gasteiger partial charge in [0.05, 0.1) is 0 Å². The average Bonchev–Trinajstić information content (AvgIpc) is 2.21. The first-order chi connectivity index (χ1) is 7.60. The van der Waals surface area contributed by atoms with E-state index < -0.39 is 17.7 Å². The molecule has 0 aromatic heterocycles. The molecule has 17 heavy (non-hydrogen) atoms. The maximum Gasteiger partial charge on any atom is 0.421 e. The standard InChI is InChI=1S/C12H20F3NO/c1-5-6-7-11(3,4)8-16-10(17)9(2)12(13,14)15/h2,5-8H2,1,3-4H3,(H,16,17). The minimum atomic E-state index is -4.66. The van der Waals surface area contributed by atoms with Crippen molar-refractivity contribution in [3.63, 3.8) is 0 Å². The molecule has 0 fully saturated rings. The van der Waals surface area contributed by atoms with Crippen molar-refractivity contribution < 1.29 is 18.0 Å². The largest absolute Gasteiger partial charge is 0.421 e. The summed E-state index contributed by atoms with van der Waals surface area (Å²) in [6.07, 6.45) is -1.78. The van der Waals surface area contributed by atoms with Crippen LogP contribution in [0.3, 0.4) is 0 Å². The molecule has 0 bridgehead atoms. The number of alkyl halides is 3. The molecule has 0 aromatic rings. The molecule has 5 heteroatoms. The van der Waals surface area contributed by atoms with Crippen LogP contribution in [0.15, 0.2) is 12.2 Å². The van der Waals surface area contributed by atoms with Gasteiger partial charge in [0.15, 0.2) is 0 Å². The summed E-state index contributed by atoms with van der Waals surface area (Å²) in [7, 11) is 0. The second-order valence-corrected chi connectivity index (χ2v) is 4.93. The van der Waals surface area contributed by atoms with Crippen LogP contribution in [0.1, 0.15) is 40.0 Å². The lowest BCUT2D eigenvalue weighted by Crippen LogP contribution is -2.37. The van der Waals surface area contributed by atoms with E-state index in [-0.39, 0.29) is 12.0 Å². The molecule has 1 amide bonds. The van der Waals surface area contributed by atoms with E-state index in [1.165, 1.54) is 0 Å². The fourth-order valence-electron chi connectivity index (χ4n) is 1.30. The van der Waals surface area contributed by atoms with Gasteiger partial charge >= 0.3 is 6.18 Å². The summed E-state index contributed by atoms with van der Waals surface area (Å²) in [5.74, 6) is -1.14. The molecule has 0 atom stereocenters. The van der Waals surface area contributed by atoms with Crippen molar-refractivity contribution >= 4 is 5.91 Å². The third-order valence-corrected chi connectivity index (χ3v) is 2.55. The number of carbonyl (C=O) groups excluding carboxylic acids is 1. The van der Waals surface area contributed by atoms with Gasteiger partial charge in [0.1, 0.15) is 5.57 Å². The lowest BCUT2D eigenvalue weighted by Gasteiger charge is -2.25. The van der Waals surface area contributed by atoms with Crippen LogP contribution in [0.4, 0.5) is 13.2 Å². The normalized spacial score (nSPS) is 12.4. The first-order valence-corrected chi connectivity index (χ1v) is 5.64. The van der Waals surface area contributed by atoms with Crippen LogP contribution in [-0.2, 0) is 4.79 Å². The molecule has 0 saturated heterocycles. The Bertz CT molecular complexity index is 282. The molecule has 0 saturated carbocycles. The van der Waals surface area contributed by atoms with Crippen LogP contribution in [0.2, 0.25) is 0 Å². The summed E-state index contributed by atoms with van der Waals surface area (Å²) in [5, 5.41) is 2.28. The van der Waals surface area contributed by atoms with E-state index in [9.17, 15) is 18.0 Å². The van der Waals surface area contributed by atoms with Gasteiger partial charge in [-0.25, -0.2) is 0 Å². The molecule has 0 spiro atoms. The SMILES string of the molecule is C=C(C(=O)NCC(C)(C)CCCC)C(F)(F)F. The van der Waals surface area contributed by atoms with Crippen molar-refractivity contribution in [3.05, 3.63) is 12.2 Å². The fraction of sp³-hybridized carbons (Fsp3) is 0.750. The molecule has 0 aliphatic heterocycles. The summed E-state index contributed by atoms with van der Waals surface area (Å²) in [4.78, 5) is 11.2. The van der Waals surface area contributed by atoms with Gasteiger partial charge < -0.3 is 5.32 Å². The Morgan fingerprint density at radius 3 is 2.24 bits per heavy atom. The van der Waals surface area contributed by atoms with Gasteiger partial charge in [0.2, 0.25) is 0 Å². The lowest BCUT2D eigenvalue weighted by atomic mass is 9.87. The van der Waals surface area contributed by atoms with Gasteiger partial charge in [-0.2, -0.15) is 13.2 Å². The molecule has 2 nitrogen and oxygen atoms in total. The number of hydrogen-bond acceptors (Lipinski definition) is 1. The molecule has 0 unspecified atom stereocenters. The minimum absolute atomic E-state index is 0.197. The third kappa shape index (κ3) is 6.34. The van der Waals surface area contributed by atoms with E-state index >= 15 is 0 Å². The van der Waals surface area contributed by atoms with E-state index in [0.717, 1.165) is 19.3 Å². The summed E-state index contributed by atoms with van der Waals surface area (Å²) in [6.45, 7) is 8.85. The van der Waals surface area contributed by atoms with Crippen molar-refractivity contribution in [1.82, 2.24) is 5.32 Å². The Balaban J connectivity index is 4.20. The average molecular weight is 251 g/mol. The van der Waals surface area contributed by atoms with Crippen LogP contribution >= 0.6 is 0 Å². The Kier molecular flexibility index (Phi) is 5.72. The van der Waals surface area contributed by atoms with Crippen LogP contribution in [0, 0.1) is 5.41 Å². The predicted octanol–water partition coefficient (Wildman–Crippen LogP) is 3.44. The molecule has 0 rings (SSSR count). The highest BCUT2D eigenvalue weighted by atomic mass is 19.4. The summed E-state index contributed by atoms with van der Waals surface area (Å²) in [5.41, 5.74) is -1.54. The van der Waals surface area contributed by atoms with Crippen molar-refractivity contribution in [2.45, 2.75) is 46.2 Å². The number of unbranched alkanes of at least 4 members (excludes halogenated alkanes) is 1. The highest BCUT2D eigenvalue weighted by Crippen LogP contribution is 2.25. The molecule has 0 radical (unpaired) electrons. The molecule has 0 aliphatic carbocycles. The molecule has 1 N–H and O–H groups in total. The fourth-order valence-corrected chi connectivity index (χ4v) is 1.30. The molecule has 0 aromatic carbocycles. The molecule has 100 valence electrons. The molecule has 0 heterocycles. The lowest BCUT2D eigenvalue weighted by molar-refractivity contribution is -0.130. The van der Waals surface area contributed by atoms with E-state index in [2.05, 4.69) is 11.9 Å². The van der Waals surface area contributed by atoms with Crippen molar-refractivity contribution in [2.24, 2.45) is 5.41 Å². The topological polar surface area (TPSA) is 29.1 Å². The van der Waals surface area contributed by atoms with Gasteiger partial charge in [-0.15, -0.1) is 0 Å². The van der Waals surface area contributed by atoms with E-state index in [1.807, 2.05) is 20.8 Å². The molecular formula is C12H20F3NO. The van der Waals surface area contributed by atoms with Crippen LogP contribution in [-0.4, -0.2) is 18.6 Å². The van der Waals surface area contributed by atoms with Gasteiger partial charge in [0.25, 0.3) is 5.91 Å². The van der Waals surface area contributed by atoms with Crippen molar-refractivity contribution in [2.75, 3.05) is 6.54 Å². The zero-order valence-electron chi connectivity index (χ0n) is 10.6. The summed E-state index contributed by atoms with van der Waals surface area (Å²) >= 11 is 0. The highest BCUT2D eigenvalue weighted by molar-refractivity contribution is 5.94. The predicted molar refractivity (Wildman–Crippen MR) is 61.5 cm³/mol. The van der Waals surface area contributed by atoms with Crippen LogP contribution < -0.4 is 5.32 Å². The van der Waals surface area contributed by atoms with Gasteiger partial charge in [-0.1, -0.05) is 40.2 Å². The number of hydrogen-bond donors (Lipinski definition) is 1. The van der Waals surface area contributed by atoms with Gasteiger partial charge in [-0.05, 0) is 11.8 Å². The first kappa shape index (κ1) is 16.0. The van der Waals surface area contributed by atoms with Gasteiger partial charge in [-0.3, -0.25) is 4.79 Å². The zero-order valence-corrected chi connectivity index (χ0v) is 10.6. The maximum atomic E-state index is 12.2. The van der Waals surface area contributed by atoms with E-state index in [1.54, 1.807) is 0 Å². The van der Waals surface area contributed by atoms with Crippen LogP contribution in [0.5, 0.6) is 0 Å². The van der Waals surface area contributed by atoms with Crippen molar-refractivity contribution in [3.8, 4) is 0 Å². The first-order valence-electron chi connectivity index (χ1n) is 5.64. The maximum absolute atomic E-state index is 12.2. The summed E-state index contributed by atoms with van der Waals surface area (Å²) < 4.78 is 36.5. The van der Waals surface area contributed by atoms with Crippen molar-refractivity contribution in [1.29, 1.82) is 0 Å². The summed E-state index contributed by atoms with van der Waals surface area (Å²) in [6, 6.07) is 0. The van der Waals surface area contributed by atoms with Crippen LogP contribution in [0.25, 0.3) is 0 Å². The number of amides is 1. The van der Waals surface area contributed by atoms with E-state index in [4.69, 9.17) is 0 Å². The Morgan fingerprint density at radius 1 is 1.29 bits per heavy atom. The third-order valence-electron chi connectivity index (χ3n) is 2.55. The Hall–Kier alpha value is -1.00. The Labute approximate surface area is 100 Å². The van der Waals surface area contributed by atoms with E-state index in [0.29, 0.717) is 0 Å².